The molecule has 0 aromatic rings. The van der Waals surface area contributed by atoms with E-state index in [0.717, 1.165) is 19.3 Å². The number of unbranched alkanes of at least 4 members (excludes halogenated alkanes) is 2. The van der Waals surface area contributed by atoms with Gasteiger partial charge in [0.05, 0.1) is 5.75 Å². The molecule has 0 spiro atoms. The van der Waals surface area contributed by atoms with Gasteiger partial charge < -0.3 is 5.73 Å². The van der Waals surface area contributed by atoms with Crippen LogP contribution in [0.2, 0.25) is 0 Å². The largest absolute Gasteiger partial charge is 0.313 e. The summed E-state index contributed by atoms with van der Waals surface area (Å²) < 4.78 is 22.8. The highest BCUT2D eigenvalue weighted by Gasteiger charge is 2.28. The van der Waals surface area contributed by atoms with Crippen LogP contribution >= 0.6 is 0 Å². The van der Waals surface area contributed by atoms with Crippen molar-refractivity contribution in [3.8, 4) is 0 Å². The maximum atomic E-state index is 11.4. The second-order valence-electron chi connectivity index (χ2n) is 3.63. The lowest BCUT2D eigenvalue weighted by Crippen LogP contribution is -2.42. The lowest BCUT2D eigenvalue weighted by molar-refractivity contribution is 0.548. The van der Waals surface area contributed by atoms with Gasteiger partial charge in [-0.25, -0.2) is 8.42 Å². The van der Waals surface area contributed by atoms with Gasteiger partial charge in [0.15, 0.2) is 9.84 Å². The topological polar surface area (TPSA) is 60.2 Å². The second kappa shape index (κ2) is 4.23. The quantitative estimate of drug-likeness (QED) is 0.669. The summed E-state index contributed by atoms with van der Waals surface area (Å²) in [4.78, 5) is -1.08. The summed E-state index contributed by atoms with van der Waals surface area (Å²) in [6.45, 7) is 5.11. The van der Waals surface area contributed by atoms with Crippen molar-refractivity contribution in [1.82, 2.24) is 0 Å². The maximum absolute atomic E-state index is 11.4. The number of hydrogen-bond acceptors (Lipinski definition) is 3. The molecule has 12 heavy (non-hydrogen) atoms. The molecule has 0 aromatic carbocycles. The molecule has 0 saturated carbocycles. The molecule has 0 aliphatic rings. The van der Waals surface area contributed by atoms with Crippen LogP contribution in [0, 0.1) is 0 Å². The van der Waals surface area contributed by atoms with E-state index >= 15 is 0 Å². The third-order valence-corrected chi connectivity index (χ3v) is 4.25. The van der Waals surface area contributed by atoms with E-state index in [9.17, 15) is 8.42 Å². The molecule has 0 radical (unpaired) electrons. The van der Waals surface area contributed by atoms with Gasteiger partial charge in [-0.3, -0.25) is 0 Å². The predicted octanol–water partition coefficient (Wildman–Crippen LogP) is 1.29. The molecule has 0 saturated heterocycles. The average molecular weight is 193 g/mol. The number of sulfone groups is 1. The first-order valence-corrected chi connectivity index (χ1v) is 5.97. The van der Waals surface area contributed by atoms with Crippen molar-refractivity contribution in [3.63, 3.8) is 0 Å². The number of hydrogen-bond donors (Lipinski definition) is 1. The smallest absolute Gasteiger partial charge is 0.168 e. The molecule has 0 rings (SSSR count). The molecule has 0 heterocycles. The van der Waals surface area contributed by atoms with Crippen LogP contribution in [-0.2, 0) is 9.84 Å². The van der Waals surface area contributed by atoms with Crippen molar-refractivity contribution in [1.29, 1.82) is 0 Å². The zero-order valence-electron chi connectivity index (χ0n) is 8.13. The van der Waals surface area contributed by atoms with Gasteiger partial charge >= 0.3 is 0 Å². The summed E-state index contributed by atoms with van der Waals surface area (Å²) in [6, 6.07) is 0. The lowest BCUT2D eigenvalue weighted by Gasteiger charge is -2.18. The Morgan fingerprint density at radius 3 is 2.08 bits per heavy atom. The van der Waals surface area contributed by atoms with E-state index in [1.54, 1.807) is 0 Å². The van der Waals surface area contributed by atoms with E-state index in [1.807, 2.05) is 6.92 Å². The Morgan fingerprint density at radius 1 is 1.25 bits per heavy atom. The van der Waals surface area contributed by atoms with E-state index in [-0.39, 0.29) is 5.75 Å². The molecule has 0 atom stereocenters. The summed E-state index contributed by atoms with van der Waals surface area (Å²) in [7, 11) is -3.09. The fraction of sp³-hybridized carbons (Fsp3) is 1.00. The lowest BCUT2D eigenvalue weighted by atomic mass is 10.3. The first kappa shape index (κ1) is 11.9. The zero-order chi connectivity index (χ0) is 9.83. The summed E-state index contributed by atoms with van der Waals surface area (Å²) in [5.41, 5.74) is 5.51. The van der Waals surface area contributed by atoms with E-state index in [1.165, 1.54) is 13.8 Å². The molecule has 74 valence electrons. The van der Waals surface area contributed by atoms with Crippen molar-refractivity contribution in [2.45, 2.75) is 44.9 Å². The SMILES string of the molecule is CCCCCS(=O)(=O)C(C)(C)N. The van der Waals surface area contributed by atoms with Gasteiger partial charge in [-0.05, 0) is 20.3 Å². The van der Waals surface area contributed by atoms with Crippen molar-refractivity contribution < 1.29 is 8.42 Å². The van der Waals surface area contributed by atoms with Gasteiger partial charge in [0.1, 0.15) is 4.87 Å². The van der Waals surface area contributed by atoms with Crippen LogP contribution in [0.5, 0.6) is 0 Å². The Morgan fingerprint density at radius 2 is 1.75 bits per heavy atom. The van der Waals surface area contributed by atoms with Crippen LogP contribution in [0.3, 0.4) is 0 Å². The zero-order valence-corrected chi connectivity index (χ0v) is 8.95. The molecule has 0 aliphatic carbocycles. The molecular weight excluding hydrogens is 174 g/mol. The summed E-state index contributed by atoms with van der Waals surface area (Å²) >= 11 is 0. The Kier molecular flexibility index (Phi) is 4.20. The van der Waals surface area contributed by atoms with Crippen LogP contribution in [0.15, 0.2) is 0 Å². The molecular formula is C8H19NO2S. The van der Waals surface area contributed by atoms with Crippen molar-refractivity contribution in [2.24, 2.45) is 5.73 Å². The average Bonchev–Trinajstić information content (AvgIpc) is 1.85. The molecule has 0 fully saturated rings. The van der Waals surface area contributed by atoms with Crippen molar-refractivity contribution in [2.75, 3.05) is 5.75 Å². The normalized spacial score (nSPS) is 13.3. The van der Waals surface area contributed by atoms with Crippen LogP contribution in [-0.4, -0.2) is 19.0 Å². The summed E-state index contributed by atoms with van der Waals surface area (Å²) in [5, 5.41) is 0. The Bertz CT molecular complexity index is 214. The molecule has 0 bridgehead atoms. The highest BCUT2D eigenvalue weighted by molar-refractivity contribution is 7.92. The van der Waals surface area contributed by atoms with Gasteiger partial charge in [-0.15, -0.1) is 0 Å². The van der Waals surface area contributed by atoms with Crippen LogP contribution in [0.1, 0.15) is 40.0 Å². The van der Waals surface area contributed by atoms with Gasteiger partial charge in [0, 0.05) is 0 Å². The molecule has 0 unspecified atom stereocenters. The Hall–Kier alpha value is -0.0900. The standard InChI is InChI=1S/C8H19NO2S/c1-4-5-6-7-12(10,11)8(2,3)9/h4-7,9H2,1-3H3. The fourth-order valence-electron chi connectivity index (χ4n) is 0.805. The molecule has 4 heteroatoms. The summed E-state index contributed by atoms with van der Waals surface area (Å²) in [5.74, 6) is 0.213. The van der Waals surface area contributed by atoms with Crippen LogP contribution in [0.4, 0.5) is 0 Å². The monoisotopic (exact) mass is 193 g/mol. The maximum Gasteiger partial charge on any atom is 0.168 e. The van der Waals surface area contributed by atoms with Gasteiger partial charge in [-0.1, -0.05) is 19.8 Å². The Balaban J connectivity index is 4.08. The number of rotatable bonds is 5. The first-order valence-electron chi connectivity index (χ1n) is 4.32. The van der Waals surface area contributed by atoms with E-state index < -0.39 is 14.7 Å². The minimum absolute atomic E-state index is 0.213. The van der Waals surface area contributed by atoms with Crippen LogP contribution in [0.25, 0.3) is 0 Å². The van der Waals surface area contributed by atoms with E-state index in [2.05, 4.69) is 0 Å². The molecule has 0 aromatic heterocycles. The molecule has 3 nitrogen and oxygen atoms in total. The predicted molar refractivity (Wildman–Crippen MR) is 51.6 cm³/mol. The minimum atomic E-state index is -3.09. The van der Waals surface area contributed by atoms with Gasteiger partial charge in [-0.2, -0.15) is 0 Å². The second-order valence-corrected chi connectivity index (χ2v) is 6.32. The van der Waals surface area contributed by atoms with Crippen LogP contribution < -0.4 is 5.73 Å². The van der Waals surface area contributed by atoms with E-state index in [0.29, 0.717) is 0 Å². The highest BCUT2D eigenvalue weighted by Crippen LogP contribution is 2.12. The molecule has 0 amide bonds. The fourth-order valence-corrected chi connectivity index (χ4v) is 1.92. The highest BCUT2D eigenvalue weighted by atomic mass is 32.2. The minimum Gasteiger partial charge on any atom is -0.313 e. The van der Waals surface area contributed by atoms with Gasteiger partial charge in [0.2, 0.25) is 0 Å². The molecule has 2 N–H and O–H groups in total. The molecule has 0 aliphatic heterocycles. The van der Waals surface area contributed by atoms with Gasteiger partial charge in [0.25, 0.3) is 0 Å². The number of nitrogens with two attached hydrogens (primary N) is 1. The first-order chi connectivity index (χ1) is 5.31. The van der Waals surface area contributed by atoms with Crippen molar-refractivity contribution in [3.05, 3.63) is 0 Å². The Labute approximate surface area is 75.3 Å². The third-order valence-electron chi connectivity index (χ3n) is 1.82. The van der Waals surface area contributed by atoms with E-state index in [4.69, 9.17) is 5.73 Å². The summed E-state index contributed by atoms with van der Waals surface area (Å²) in [6.07, 6.45) is 2.70. The van der Waals surface area contributed by atoms with Crippen molar-refractivity contribution >= 4 is 9.84 Å². The third kappa shape index (κ3) is 3.54.